The van der Waals surface area contributed by atoms with Crippen molar-refractivity contribution in [2.75, 3.05) is 14.7 Å². The Morgan fingerprint density at radius 3 is 0.959 bits per heavy atom. The van der Waals surface area contributed by atoms with E-state index in [4.69, 9.17) is 0 Å². The molecule has 460 valence electrons. The van der Waals surface area contributed by atoms with Crippen molar-refractivity contribution >= 4 is 133 Å². The molecule has 0 N–H and O–H groups in total. The van der Waals surface area contributed by atoms with Crippen LogP contribution < -0.4 is 14.7 Å². The molecule has 0 saturated heterocycles. The monoisotopic (exact) mass is 1310 g/mol. The minimum Gasteiger partial charge on any atom is -0.316 e. The molecule has 0 saturated carbocycles. The van der Waals surface area contributed by atoms with E-state index >= 15 is 0 Å². The van der Waals surface area contributed by atoms with Gasteiger partial charge in [-0.2, -0.15) is 0 Å². The Kier molecular flexibility index (Phi) is 14.3. The molecule has 2 aliphatic rings. The molecular formula is C89H62BrN7. The van der Waals surface area contributed by atoms with Crippen LogP contribution in [0, 0.1) is 0 Å². The Morgan fingerprint density at radius 2 is 0.536 bits per heavy atom. The third-order valence-corrected chi connectivity index (χ3v) is 19.6. The van der Waals surface area contributed by atoms with Gasteiger partial charge in [0.15, 0.2) is 0 Å². The first kappa shape index (κ1) is 57.3. The molecular weight excluding hydrogens is 1250 g/mol. The van der Waals surface area contributed by atoms with E-state index in [1.165, 1.54) is 105 Å². The zero-order valence-electron chi connectivity index (χ0n) is 52.9. The van der Waals surface area contributed by atoms with Gasteiger partial charge in [0.1, 0.15) is 0 Å². The Morgan fingerprint density at radius 1 is 0.216 bits per heavy atom. The minimum absolute atomic E-state index is 1.01. The number of para-hydroxylation sites is 12. The normalized spacial score (nSPS) is 12.3. The highest BCUT2D eigenvalue weighted by Gasteiger charge is 2.31. The van der Waals surface area contributed by atoms with Gasteiger partial charge in [-0.3, -0.25) is 0 Å². The van der Waals surface area contributed by atoms with Gasteiger partial charge in [-0.25, -0.2) is 0 Å². The molecule has 0 bridgehead atoms. The molecule has 0 amide bonds. The summed E-state index contributed by atoms with van der Waals surface area (Å²) in [7, 11) is 0. The summed E-state index contributed by atoms with van der Waals surface area (Å²) in [4.78, 5) is 7.14. The number of rotatable bonds is 7. The lowest BCUT2D eigenvalue weighted by atomic mass is 9.95. The van der Waals surface area contributed by atoms with Crippen LogP contribution in [0.3, 0.4) is 0 Å². The third-order valence-electron chi connectivity index (χ3n) is 19.1. The predicted molar refractivity (Wildman–Crippen MR) is 410 cm³/mol. The Labute approximate surface area is 570 Å². The highest BCUT2D eigenvalue weighted by Crippen LogP contribution is 2.55. The van der Waals surface area contributed by atoms with Crippen molar-refractivity contribution in [2.45, 2.75) is 6.42 Å². The second kappa shape index (κ2) is 24.2. The molecule has 6 heterocycles. The summed E-state index contributed by atoms with van der Waals surface area (Å²) in [5.41, 5.74) is 25.4. The topological polar surface area (TPSA) is 29.4 Å². The van der Waals surface area contributed by atoms with Crippen LogP contribution in [0.2, 0.25) is 0 Å². The van der Waals surface area contributed by atoms with Gasteiger partial charge >= 0.3 is 0 Å². The first-order chi connectivity index (χ1) is 48.1. The van der Waals surface area contributed by atoms with Gasteiger partial charge in [-0.1, -0.05) is 198 Å². The zero-order valence-corrected chi connectivity index (χ0v) is 54.4. The highest BCUT2D eigenvalue weighted by molar-refractivity contribution is 9.10. The lowest BCUT2D eigenvalue weighted by Crippen LogP contribution is -2.23. The number of aromatic nitrogens is 4. The molecule has 14 aromatic carbocycles. The molecule has 7 nitrogen and oxygen atoms in total. The molecule has 0 aliphatic carbocycles. The molecule has 97 heavy (non-hydrogen) atoms. The number of fused-ring (bicyclic) bond motifs is 14. The summed E-state index contributed by atoms with van der Waals surface area (Å²) in [5.74, 6) is 0. The van der Waals surface area contributed by atoms with Crippen LogP contribution >= 0.6 is 15.9 Å². The Balaban J connectivity index is 0.000000118. The van der Waals surface area contributed by atoms with Crippen molar-refractivity contribution in [3.05, 3.63) is 380 Å². The number of anilines is 9. The summed E-state index contributed by atoms with van der Waals surface area (Å²) in [6, 6.07) is 125. The van der Waals surface area contributed by atoms with Gasteiger partial charge < -0.3 is 33.0 Å². The average molecular weight is 1310 g/mol. The average Bonchev–Trinajstić information content (AvgIpc) is 1.59. The standard InChI is InChI=1S/C44H30N4.C26H17BrN2.C19H15N/c1-4-14-31(15-5-1)45-29-28-36-38(45)27-25-35-37-30-34(24-26-39(37)48(44(35)36)33-18-8-3-9-19-33)47-42-22-12-10-20-40(42)46(32-16-6-2-7-17-32)41-21-11-13-23-43(41)47;27-18-11-13-25-23(17-18)21-12-14-24-22(15-16-28(24)19-7-3-1-4-8-19)26(21)29(25)20-9-5-2-6-10-20;1-2-10-17(11-3-1)20-18-12-6-4-8-15(18)14-16-9-5-7-13-19(16)20/h1-30H;1-17H;1-13H,14H2. The number of halogens is 1. The second-order valence-corrected chi connectivity index (χ2v) is 25.5. The first-order valence-electron chi connectivity index (χ1n) is 33.0. The van der Waals surface area contributed by atoms with E-state index in [9.17, 15) is 0 Å². The van der Waals surface area contributed by atoms with Gasteiger partial charge in [0.25, 0.3) is 0 Å². The summed E-state index contributed by atoms with van der Waals surface area (Å²) in [5, 5.41) is 7.46. The third kappa shape index (κ3) is 9.87. The second-order valence-electron chi connectivity index (χ2n) is 24.6. The summed E-state index contributed by atoms with van der Waals surface area (Å²) in [6.45, 7) is 0. The van der Waals surface area contributed by atoms with Crippen LogP contribution in [0.1, 0.15) is 11.1 Å². The van der Waals surface area contributed by atoms with E-state index in [-0.39, 0.29) is 0 Å². The molecule has 18 aromatic rings. The molecule has 2 aliphatic heterocycles. The van der Waals surface area contributed by atoms with Crippen molar-refractivity contribution in [3.63, 3.8) is 0 Å². The molecule has 0 atom stereocenters. The summed E-state index contributed by atoms with van der Waals surface area (Å²) in [6.07, 6.45) is 5.37. The Hall–Kier alpha value is -12.4. The number of hydrogen-bond donors (Lipinski definition) is 0. The van der Waals surface area contributed by atoms with E-state index in [0.29, 0.717) is 0 Å². The van der Waals surface area contributed by atoms with Crippen LogP contribution in [-0.4, -0.2) is 18.3 Å². The van der Waals surface area contributed by atoms with E-state index in [1.807, 2.05) is 0 Å². The van der Waals surface area contributed by atoms with Gasteiger partial charge in [-0.15, -0.1) is 0 Å². The maximum Gasteiger partial charge on any atom is 0.0703 e. The fourth-order valence-corrected chi connectivity index (χ4v) is 15.3. The molecule has 8 heteroatoms. The van der Waals surface area contributed by atoms with Crippen molar-refractivity contribution in [2.24, 2.45) is 0 Å². The van der Waals surface area contributed by atoms with Crippen LogP contribution in [-0.2, 0) is 6.42 Å². The lowest BCUT2D eigenvalue weighted by Gasteiger charge is -2.40. The number of nitrogens with zero attached hydrogens (tertiary/aromatic N) is 7. The smallest absolute Gasteiger partial charge is 0.0703 e. The molecule has 0 unspecified atom stereocenters. The van der Waals surface area contributed by atoms with E-state index < -0.39 is 0 Å². The van der Waals surface area contributed by atoms with E-state index in [1.54, 1.807) is 0 Å². The first-order valence-corrected chi connectivity index (χ1v) is 33.8. The van der Waals surface area contributed by atoms with Crippen LogP contribution in [0.5, 0.6) is 0 Å². The fraction of sp³-hybridized carbons (Fsp3) is 0.0112. The summed E-state index contributed by atoms with van der Waals surface area (Å²) >= 11 is 3.65. The van der Waals surface area contributed by atoms with Gasteiger partial charge in [0, 0.05) is 107 Å². The molecule has 0 spiro atoms. The van der Waals surface area contributed by atoms with Crippen molar-refractivity contribution in [3.8, 4) is 22.7 Å². The molecule has 20 rings (SSSR count). The zero-order chi connectivity index (χ0) is 64.3. The maximum absolute atomic E-state index is 3.65. The van der Waals surface area contributed by atoms with E-state index in [0.717, 1.165) is 56.4 Å². The SMILES string of the molecule is Brc1ccc2c(c1)c1ccc3c(ccn3-c3ccccc3)c1n2-c1ccccc1.c1ccc(N2c3ccccc3Cc3ccccc32)cc1.c1ccc(N2c3ccccc3N(c3ccc4c(c3)c3ccc5c(ccn5-c5ccccc5)c3n4-c3ccccc3)c3ccccc32)cc1. The Bertz CT molecular complexity index is 5850. The van der Waals surface area contributed by atoms with Gasteiger partial charge in [0.05, 0.1) is 55.8 Å². The van der Waals surface area contributed by atoms with Gasteiger partial charge in [0.2, 0.25) is 0 Å². The number of hydrogen-bond acceptors (Lipinski definition) is 3. The minimum atomic E-state index is 1.01. The number of benzene rings is 14. The largest absolute Gasteiger partial charge is 0.316 e. The van der Waals surface area contributed by atoms with Crippen molar-refractivity contribution in [1.82, 2.24) is 18.3 Å². The lowest BCUT2D eigenvalue weighted by molar-refractivity contribution is 1.09. The van der Waals surface area contributed by atoms with Crippen molar-refractivity contribution < 1.29 is 0 Å². The van der Waals surface area contributed by atoms with Crippen molar-refractivity contribution in [1.29, 1.82) is 0 Å². The summed E-state index contributed by atoms with van der Waals surface area (Å²) < 4.78 is 10.5. The van der Waals surface area contributed by atoms with Crippen LogP contribution in [0.4, 0.5) is 51.2 Å². The highest BCUT2D eigenvalue weighted by atomic mass is 79.9. The fourth-order valence-electron chi connectivity index (χ4n) is 14.9. The van der Waals surface area contributed by atoms with E-state index in [2.05, 4.69) is 413 Å². The van der Waals surface area contributed by atoms with Gasteiger partial charge in [-0.05, 0) is 181 Å². The van der Waals surface area contributed by atoms with Crippen LogP contribution in [0.15, 0.2) is 369 Å². The molecule has 0 fully saturated rings. The molecule has 0 radical (unpaired) electrons. The quantitative estimate of drug-likeness (QED) is 0.159. The predicted octanol–water partition coefficient (Wildman–Crippen LogP) is 24.5. The van der Waals surface area contributed by atoms with Crippen LogP contribution in [0.25, 0.3) is 88.2 Å². The molecule has 4 aromatic heterocycles. The maximum atomic E-state index is 3.65.